The second kappa shape index (κ2) is 2.63. The van der Waals surface area contributed by atoms with Crippen LogP contribution in [0.15, 0.2) is 0 Å². The van der Waals surface area contributed by atoms with E-state index >= 15 is 0 Å². The Morgan fingerprint density at radius 3 is 2.00 bits per heavy atom. The summed E-state index contributed by atoms with van der Waals surface area (Å²) in [5.41, 5.74) is 0. The fourth-order valence-electron chi connectivity index (χ4n) is 0.0833. The highest BCUT2D eigenvalue weighted by Crippen LogP contribution is 1.89. The fourth-order valence-corrected chi connectivity index (χ4v) is 0.250. The molecule has 0 fully saturated rings. The number of carboxylic acids is 1. The van der Waals surface area contributed by atoms with Gasteiger partial charge in [0.1, 0.15) is 5.97 Å². The molecule has 0 aliphatic carbocycles. The summed E-state index contributed by atoms with van der Waals surface area (Å²) in [6.45, 7) is 0. The fraction of sp³-hybridized carbons (Fsp3) is 0.333. The van der Waals surface area contributed by atoms with E-state index in [1.54, 1.807) is 0 Å². The molecule has 4 heteroatoms. The monoisotopic (exact) mass is 119 g/mol. The minimum atomic E-state index is -1.63. The number of rotatable bonds is 0. The number of aliphatic carboxylic acids is 1. The van der Waals surface area contributed by atoms with E-state index in [1.165, 1.54) is 6.26 Å². The first kappa shape index (κ1) is 6.49. The first-order chi connectivity index (χ1) is 3.18. The van der Waals surface area contributed by atoms with E-state index in [2.05, 4.69) is 0 Å². The average molecular weight is 119 g/mol. The molecular weight excluding hydrogens is 116 g/mol. The molecule has 7 heavy (non-hydrogen) atoms. The van der Waals surface area contributed by atoms with Crippen molar-refractivity contribution in [1.82, 2.24) is 0 Å². The van der Waals surface area contributed by atoms with Crippen molar-refractivity contribution in [1.29, 1.82) is 0 Å². The van der Waals surface area contributed by atoms with E-state index in [4.69, 9.17) is 0 Å². The summed E-state index contributed by atoms with van der Waals surface area (Å²) in [5.74, 6) is -1.63. The van der Waals surface area contributed by atoms with Gasteiger partial charge in [-0.05, 0) is 6.26 Å². The second-order valence-electron chi connectivity index (χ2n) is 0.779. The number of carboxylic acid groups (broad SMARTS) is 1. The van der Waals surface area contributed by atoms with Crippen molar-refractivity contribution < 1.29 is 14.7 Å². The first-order valence-electron chi connectivity index (χ1n) is 1.47. The van der Waals surface area contributed by atoms with E-state index in [0.717, 1.165) is 0 Å². The van der Waals surface area contributed by atoms with Gasteiger partial charge in [-0.15, -0.1) is 0 Å². The van der Waals surface area contributed by atoms with E-state index in [0.29, 0.717) is 11.8 Å². The highest BCUT2D eigenvalue weighted by atomic mass is 32.2. The topological polar surface area (TPSA) is 57.2 Å². The molecule has 0 heterocycles. The molecule has 0 radical (unpaired) electrons. The zero-order valence-electron chi connectivity index (χ0n) is 3.63. The molecule has 0 aliphatic heterocycles. The molecule has 0 atom stereocenters. The van der Waals surface area contributed by atoms with E-state index < -0.39 is 11.1 Å². The molecule has 0 aliphatic rings. The van der Waals surface area contributed by atoms with Gasteiger partial charge in [-0.25, -0.2) is 0 Å². The highest BCUT2D eigenvalue weighted by molar-refractivity contribution is 8.14. The molecule has 0 saturated carbocycles. The molecule has 0 amide bonds. The molecule has 0 aromatic heterocycles. The Kier molecular flexibility index (Phi) is 2.44. The number of carbonyl (C=O) groups is 2. The minimum absolute atomic E-state index is 0.632. The largest absolute Gasteiger partial charge is 0.541 e. The van der Waals surface area contributed by atoms with Crippen LogP contribution in [0.2, 0.25) is 0 Å². The lowest BCUT2D eigenvalue weighted by molar-refractivity contribution is -0.298. The smallest absolute Gasteiger partial charge is 0.234 e. The van der Waals surface area contributed by atoms with Gasteiger partial charge in [0.15, 0.2) is 0 Å². The van der Waals surface area contributed by atoms with E-state index in [1.807, 2.05) is 0 Å². The Hall–Kier alpha value is -0.510. The number of carbonyl (C=O) groups excluding carboxylic acids is 2. The van der Waals surface area contributed by atoms with Crippen LogP contribution in [0, 0.1) is 0 Å². The van der Waals surface area contributed by atoms with Crippen LogP contribution < -0.4 is 5.11 Å². The summed E-state index contributed by atoms with van der Waals surface area (Å²) < 4.78 is 0. The zero-order valence-corrected chi connectivity index (χ0v) is 4.45. The van der Waals surface area contributed by atoms with Gasteiger partial charge in [0, 0.05) is 0 Å². The highest BCUT2D eigenvalue weighted by Gasteiger charge is 1.94. The van der Waals surface area contributed by atoms with Crippen LogP contribution >= 0.6 is 11.8 Å². The van der Waals surface area contributed by atoms with Crippen molar-refractivity contribution in [2.24, 2.45) is 0 Å². The number of hydrogen-bond acceptors (Lipinski definition) is 4. The predicted octanol–water partition coefficient (Wildman–Crippen LogP) is -1.37. The van der Waals surface area contributed by atoms with Crippen LogP contribution in [0.4, 0.5) is 0 Å². The normalized spacial score (nSPS) is 8.14. The van der Waals surface area contributed by atoms with Gasteiger partial charge in [-0.1, -0.05) is 11.8 Å². The van der Waals surface area contributed by atoms with Gasteiger partial charge >= 0.3 is 0 Å². The van der Waals surface area contributed by atoms with Crippen LogP contribution in [0.1, 0.15) is 0 Å². The number of thioether (sulfide) groups is 1. The summed E-state index contributed by atoms with van der Waals surface area (Å²) in [6, 6.07) is 0. The Labute approximate surface area is 44.7 Å². The van der Waals surface area contributed by atoms with Crippen LogP contribution in [0.25, 0.3) is 0 Å². The molecule has 0 spiro atoms. The summed E-state index contributed by atoms with van der Waals surface area (Å²) in [4.78, 5) is 19.3. The van der Waals surface area contributed by atoms with Gasteiger partial charge in [-0.3, -0.25) is 4.79 Å². The minimum Gasteiger partial charge on any atom is -0.541 e. The molecule has 0 aromatic carbocycles. The lowest BCUT2D eigenvalue weighted by Gasteiger charge is -1.91. The molecular formula is C3H3O3S-. The van der Waals surface area contributed by atoms with Crippen LogP contribution in [0.5, 0.6) is 0 Å². The molecule has 0 aromatic rings. The van der Waals surface area contributed by atoms with E-state index in [9.17, 15) is 14.7 Å². The standard InChI is InChI=1S/C3H4O3S/c1-7-3(6)2(4)5/h1H3,(H,4,5)/p-1. The Bertz CT molecular complexity index is 98.4. The summed E-state index contributed by atoms with van der Waals surface area (Å²) in [6.07, 6.45) is 1.39. The van der Waals surface area contributed by atoms with E-state index in [-0.39, 0.29) is 0 Å². The Morgan fingerprint density at radius 2 is 2.00 bits per heavy atom. The lowest BCUT2D eigenvalue weighted by Crippen LogP contribution is -2.29. The van der Waals surface area contributed by atoms with Gasteiger partial charge < -0.3 is 9.90 Å². The SMILES string of the molecule is CSC(=O)C(=O)[O-]. The average Bonchev–Trinajstić information content (AvgIpc) is 1.65. The maximum atomic E-state index is 9.81. The predicted molar refractivity (Wildman–Crippen MR) is 23.5 cm³/mol. The van der Waals surface area contributed by atoms with Gasteiger partial charge in [0.05, 0.1) is 0 Å². The van der Waals surface area contributed by atoms with Gasteiger partial charge in [0.25, 0.3) is 0 Å². The molecule has 0 unspecified atom stereocenters. The maximum absolute atomic E-state index is 9.81. The summed E-state index contributed by atoms with van der Waals surface area (Å²) in [5, 5.41) is 8.52. The van der Waals surface area contributed by atoms with Crippen LogP contribution in [-0.2, 0) is 9.59 Å². The third kappa shape index (κ3) is 2.22. The van der Waals surface area contributed by atoms with Gasteiger partial charge in [-0.2, -0.15) is 0 Å². The quantitative estimate of drug-likeness (QED) is 0.369. The summed E-state index contributed by atoms with van der Waals surface area (Å²) >= 11 is 0.632. The second-order valence-corrected chi connectivity index (χ2v) is 1.56. The Balaban J connectivity index is 3.58. The van der Waals surface area contributed by atoms with Crippen molar-refractivity contribution in [2.75, 3.05) is 6.26 Å². The molecule has 0 N–H and O–H groups in total. The van der Waals surface area contributed by atoms with Crippen LogP contribution in [0.3, 0.4) is 0 Å². The van der Waals surface area contributed by atoms with Crippen molar-refractivity contribution in [3.63, 3.8) is 0 Å². The molecule has 0 saturated heterocycles. The molecule has 0 rings (SSSR count). The third-order valence-electron chi connectivity index (χ3n) is 0.352. The molecule has 40 valence electrons. The molecule has 0 bridgehead atoms. The lowest BCUT2D eigenvalue weighted by atomic mass is 10.8. The van der Waals surface area contributed by atoms with Gasteiger partial charge in [0.2, 0.25) is 5.12 Å². The Morgan fingerprint density at radius 1 is 1.57 bits per heavy atom. The zero-order chi connectivity index (χ0) is 5.86. The molecule has 3 nitrogen and oxygen atoms in total. The van der Waals surface area contributed by atoms with Crippen molar-refractivity contribution in [3.8, 4) is 0 Å². The number of hydrogen-bond donors (Lipinski definition) is 0. The summed E-state index contributed by atoms with van der Waals surface area (Å²) in [7, 11) is 0. The third-order valence-corrected chi connectivity index (χ3v) is 0.890. The maximum Gasteiger partial charge on any atom is 0.234 e. The van der Waals surface area contributed by atoms with Crippen LogP contribution in [-0.4, -0.2) is 17.3 Å². The van der Waals surface area contributed by atoms with Crippen molar-refractivity contribution in [3.05, 3.63) is 0 Å². The first-order valence-corrected chi connectivity index (χ1v) is 2.70. The van der Waals surface area contributed by atoms with Crippen molar-refractivity contribution >= 4 is 22.8 Å². The van der Waals surface area contributed by atoms with Crippen molar-refractivity contribution in [2.45, 2.75) is 0 Å².